The molecule has 2 aromatic carbocycles. The summed E-state index contributed by atoms with van der Waals surface area (Å²) >= 11 is 1.48. The highest BCUT2D eigenvalue weighted by molar-refractivity contribution is 7.89. The van der Waals surface area contributed by atoms with Crippen molar-refractivity contribution < 1.29 is 13.2 Å². The highest BCUT2D eigenvalue weighted by Gasteiger charge is 2.27. The molecule has 182 valence electrons. The normalized spacial score (nSPS) is 13.8. The fourth-order valence-electron chi connectivity index (χ4n) is 4.35. The molecule has 1 amide bonds. The van der Waals surface area contributed by atoms with Gasteiger partial charge in [0.05, 0.1) is 10.5 Å². The van der Waals surface area contributed by atoms with Gasteiger partial charge in [-0.15, -0.1) is 11.3 Å². The molecule has 0 radical (unpaired) electrons. The third-order valence-electron chi connectivity index (χ3n) is 6.24. The molecule has 0 fully saturated rings. The van der Waals surface area contributed by atoms with Crippen LogP contribution in [0.5, 0.6) is 0 Å². The largest absolute Gasteiger partial charge is 0.312 e. The Balaban J connectivity index is 1.53. The van der Waals surface area contributed by atoms with E-state index in [0.29, 0.717) is 16.1 Å². The molecule has 0 spiro atoms. The smallest absolute Gasteiger partial charge is 0.256 e. The van der Waals surface area contributed by atoms with Crippen LogP contribution in [0.15, 0.2) is 59.5 Å². The van der Waals surface area contributed by atoms with Crippen molar-refractivity contribution >= 4 is 32.3 Å². The monoisotopic (exact) mass is 507 g/mol. The van der Waals surface area contributed by atoms with E-state index in [-0.39, 0.29) is 23.4 Å². The van der Waals surface area contributed by atoms with Crippen LogP contribution in [0.3, 0.4) is 0 Å². The fraction of sp³-hybridized carbons (Fsp3) is 0.333. The summed E-state index contributed by atoms with van der Waals surface area (Å²) in [7, 11) is -3.76. The van der Waals surface area contributed by atoms with Gasteiger partial charge in [-0.3, -0.25) is 4.79 Å². The van der Waals surface area contributed by atoms with Gasteiger partial charge >= 0.3 is 0 Å². The van der Waals surface area contributed by atoms with Crippen LogP contribution in [0.4, 0.5) is 5.00 Å². The number of aryl methyl sites for hydroxylation is 1. The molecule has 8 heteroatoms. The van der Waals surface area contributed by atoms with Crippen molar-refractivity contribution in [1.82, 2.24) is 4.31 Å². The van der Waals surface area contributed by atoms with Crippen molar-refractivity contribution in [1.29, 1.82) is 5.26 Å². The van der Waals surface area contributed by atoms with Crippen LogP contribution >= 0.6 is 11.3 Å². The zero-order valence-electron chi connectivity index (χ0n) is 20.0. The van der Waals surface area contributed by atoms with Gasteiger partial charge in [0, 0.05) is 23.0 Å². The molecule has 0 bridgehead atoms. The predicted octanol–water partition coefficient (Wildman–Crippen LogP) is 5.74. The standard InChI is InChI=1S/C27H29N3O3S2/c1-19(2)30(18-20-9-5-3-6-10-20)35(32,33)22-15-13-21(14-16-22)26(31)29-27-24(17-28)23-11-7-4-8-12-25(23)34-27/h3,5-6,9-10,13-16,19H,4,7-8,11-12,18H2,1-2H3,(H,29,31). The number of hydrogen-bond acceptors (Lipinski definition) is 5. The molecule has 1 aliphatic carbocycles. The highest BCUT2D eigenvalue weighted by Crippen LogP contribution is 2.37. The summed E-state index contributed by atoms with van der Waals surface area (Å²) in [5, 5.41) is 13.2. The van der Waals surface area contributed by atoms with E-state index in [1.54, 1.807) is 0 Å². The number of thiophene rings is 1. The Morgan fingerprint density at radius 2 is 1.74 bits per heavy atom. The molecule has 1 aromatic heterocycles. The predicted molar refractivity (Wildman–Crippen MR) is 139 cm³/mol. The van der Waals surface area contributed by atoms with E-state index >= 15 is 0 Å². The zero-order valence-corrected chi connectivity index (χ0v) is 21.6. The summed E-state index contributed by atoms with van der Waals surface area (Å²) in [6.07, 6.45) is 5.11. The molecule has 0 saturated heterocycles. The van der Waals surface area contributed by atoms with Gasteiger partial charge in [-0.25, -0.2) is 8.42 Å². The van der Waals surface area contributed by atoms with E-state index in [9.17, 15) is 18.5 Å². The van der Waals surface area contributed by atoms with E-state index in [0.717, 1.165) is 43.2 Å². The quantitative estimate of drug-likeness (QED) is 0.413. The number of fused-ring (bicyclic) bond motifs is 1. The first-order chi connectivity index (χ1) is 16.8. The van der Waals surface area contributed by atoms with E-state index in [4.69, 9.17) is 0 Å². The van der Waals surface area contributed by atoms with E-state index in [1.807, 2.05) is 44.2 Å². The second-order valence-electron chi connectivity index (χ2n) is 8.99. The van der Waals surface area contributed by atoms with Crippen LogP contribution in [0.1, 0.15) is 65.0 Å². The number of nitrogens with one attached hydrogen (secondary N) is 1. The van der Waals surface area contributed by atoms with Crippen LogP contribution < -0.4 is 5.32 Å². The molecule has 0 saturated carbocycles. The van der Waals surface area contributed by atoms with Crippen molar-refractivity contribution in [3.05, 3.63) is 81.7 Å². The van der Waals surface area contributed by atoms with Gasteiger partial charge in [-0.05, 0) is 74.9 Å². The molecule has 0 atom stereocenters. The average molecular weight is 508 g/mol. The maximum absolute atomic E-state index is 13.4. The minimum atomic E-state index is -3.76. The second-order valence-corrected chi connectivity index (χ2v) is 12.0. The van der Waals surface area contributed by atoms with Gasteiger partial charge in [-0.1, -0.05) is 36.8 Å². The van der Waals surface area contributed by atoms with Gasteiger partial charge in [0.2, 0.25) is 10.0 Å². The number of carbonyl (C=O) groups excluding carboxylic acids is 1. The Bertz CT molecular complexity index is 1340. The zero-order chi connectivity index (χ0) is 25.0. The molecule has 0 aliphatic heterocycles. The van der Waals surface area contributed by atoms with Crippen LogP contribution in [0.2, 0.25) is 0 Å². The summed E-state index contributed by atoms with van der Waals surface area (Å²) < 4.78 is 28.2. The Morgan fingerprint density at radius 3 is 2.40 bits per heavy atom. The molecule has 6 nitrogen and oxygen atoms in total. The third-order valence-corrected chi connectivity index (χ3v) is 9.48. The lowest BCUT2D eigenvalue weighted by Crippen LogP contribution is -2.36. The molecule has 0 unspecified atom stereocenters. The topological polar surface area (TPSA) is 90.3 Å². The average Bonchev–Trinajstić information content (AvgIpc) is 3.01. The minimum Gasteiger partial charge on any atom is -0.312 e. The van der Waals surface area contributed by atoms with Crippen LogP contribution in [-0.2, 0) is 29.4 Å². The van der Waals surface area contributed by atoms with Crippen LogP contribution in [0.25, 0.3) is 0 Å². The molecule has 1 N–H and O–H groups in total. The minimum absolute atomic E-state index is 0.138. The lowest BCUT2D eigenvalue weighted by atomic mass is 10.1. The van der Waals surface area contributed by atoms with Crippen molar-refractivity contribution in [2.45, 2.75) is 63.4 Å². The number of nitriles is 1. The molecule has 4 rings (SSSR count). The fourth-order valence-corrected chi connectivity index (χ4v) is 7.21. The number of hydrogen-bond donors (Lipinski definition) is 1. The maximum Gasteiger partial charge on any atom is 0.256 e. The summed E-state index contributed by atoms with van der Waals surface area (Å²) in [5.41, 5.74) is 2.88. The lowest BCUT2D eigenvalue weighted by Gasteiger charge is -2.26. The van der Waals surface area contributed by atoms with Gasteiger partial charge in [-0.2, -0.15) is 9.57 Å². The molecule has 35 heavy (non-hydrogen) atoms. The maximum atomic E-state index is 13.4. The second kappa shape index (κ2) is 10.7. The summed E-state index contributed by atoms with van der Waals surface area (Å²) in [4.78, 5) is 14.3. The highest BCUT2D eigenvalue weighted by atomic mass is 32.2. The number of carbonyl (C=O) groups is 1. The van der Waals surface area contributed by atoms with Crippen LogP contribution in [-0.4, -0.2) is 24.7 Å². The van der Waals surface area contributed by atoms with Gasteiger partial charge in [0.1, 0.15) is 11.1 Å². The Morgan fingerprint density at radius 1 is 1.06 bits per heavy atom. The van der Waals surface area contributed by atoms with E-state index in [1.165, 1.54) is 44.8 Å². The molecule has 1 aliphatic rings. The van der Waals surface area contributed by atoms with E-state index < -0.39 is 10.0 Å². The Hall–Kier alpha value is -2.99. The third kappa shape index (κ3) is 5.48. The van der Waals surface area contributed by atoms with Crippen molar-refractivity contribution in [2.24, 2.45) is 0 Å². The lowest BCUT2D eigenvalue weighted by molar-refractivity contribution is 0.102. The molecular weight excluding hydrogens is 478 g/mol. The summed E-state index contributed by atoms with van der Waals surface area (Å²) in [5.74, 6) is -0.355. The number of benzene rings is 2. The van der Waals surface area contributed by atoms with E-state index in [2.05, 4.69) is 11.4 Å². The van der Waals surface area contributed by atoms with Crippen molar-refractivity contribution in [3.8, 4) is 6.07 Å². The molecule has 1 heterocycles. The molecular formula is C27H29N3O3S2. The Labute approximate surface area is 211 Å². The first-order valence-electron chi connectivity index (χ1n) is 11.8. The number of nitrogens with zero attached hydrogens (tertiary/aromatic N) is 2. The SMILES string of the molecule is CC(C)N(Cc1ccccc1)S(=O)(=O)c1ccc(C(=O)Nc2sc3c(c2C#N)CCCCC3)cc1. The van der Waals surface area contributed by atoms with Crippen molar-refractivity contribution in [2.75, 3.05) is 5.32 Å². The Kier molecular flexibility index (Phi) is 7.70. The van der Waals surface area contributed by atoms with Gasteiger partial charge in [0.15, 0.2) is 0 Å². The first kappa shape index (κ1) is 25.1. The van der Waals surface area contributed by atoms with Crippen molar-refractivity contribution in [3.63, 3.8) is 0 Å². The van der Waals surface area contributed by atoms with Crippen LogP contribution in [0, 0.1) is 11.3 Å². The van der Waals surface area contributed by atoms with Gasteiger partial charge in [0.25, 0.3) is 5.91 Å². The van der Waals surface area contributed by atoms with Gasteiger partial charge < -0.3 is 5.32 Å². The number of amides is 1. The molecule has 3 aromatic rings. The number of anilines is 1. The summed E-state index contributed by atoms with van der Waals surface area (Å²) in [6, 6.07) is 17.5. The summed E-state index contributed by atoms with van der Waals surface area (Å²) in [6.45, 7) is 3.96. The first-order valence-corrected chi connectivity index (χ1v) is 14.1. The number of rotatable bonds is 7. The number of sulfonamides is 1.